The van der Waals surface area contributed by atoms with Crippen molar-refractivity contribution in [3.05, 3.63) is 39.4 Å². The molecule has 18 heavy (non-hydrogen) atoms. The van der Waals surface area contributed by atoms with Crippen LogP contribution in [0, 0.1) is 17.0 Å². The molecule has 0 N–H and O–H groups in total. The lowest BCUT2D eigenvalue weighted by atomic mass is 10.1. The number of rotatable bonds is 4. The Morgan fingerprint density at radius 3 is 2.61 bits per heavy atom. The molecule has 1 unspecified atom stereocenters. The zero-order chi connectivity index (χ0) is 13.9. The summed E-state index contributed by atoms with van der Waals surface area (Å²) in [5.74, 6) is -0.139. The summed E-state index contributed by atoms with van der Waals surface area (Å²) in [6.45, 7) is 3.55. The molecule has 0 heterocycles. The van der Waals surface area contributed by atoms with Crippen LogP contribution in [0.5, 0.6) is 0 Å². The van der Waals surface area contributed by atoms with Crippen LogP contribution in [0.2, 0.25) is 0 Å². The molecule has 0 aliphatic heterocycles. The van der Waals surface area contributed by atoms with Crippen molar-refractivity contribution in [2.75, 3.05) is 12.4 Å². The topological polar surface area (TPSA) is 63.5 Å². The van der Waals surface area contributed by atoms with E-state index in [1.165, 1.54) is 12.1 Å². The SMILES string of the molecule is Cc1cc(C(=O)N(C)C(C)CBr)ccc1[N+](=O)[O-]. The van der Waals surface area contributed by atoms with E-state index < -0.39 is 4.92 Å². The van der Waals surface area contributed by atoms with Gasteiger partial charge in [0.2, 0.25) is 0 Å². The van der Waals surface area contributed by atoms with E-state index in [0.717, 1.165) is 0 Å². The molecule has 0 saturated carbocycles. The molecule has 0 fully saturated rings. The van der Waals surface area contributed by atoms with Gasteiger partial charge in [-0.15, -0.1) is 0 Å². The van der Waals surface area contributed by atoms with Gasteiger partial charge in [-0.1, -0.05) is 15.9 Å². The van der Waals surface area contributed by atoms with E-state index in [0.29, 0.717) is 16.5 Å². The van der Waals surface area contributed by atoms with Crippen molar-refractivity contribution < 1.29 is 9.72 Å². The predicted octanol–water partition coefficient (Wildman–Crippen LogP) is 2.76. The van der Waals surface area contributed by atoms with Crippen LogP contribution in [-0.4, -0.2) is 34.2 Å². The smallest absolute Gasteiger partial charge is 0.272 e. The molecular formula is C12H15BrN2O3. The van der Waals surface area contributed by atoms with Gasteiger partial charge in [0.25, 0.3) is 11.6 Å². The molecule has 0 aromatic heterocycles. The number of nitro benzene ring substituents is 1. The first-order chi connectivity index (χ1) is 8.38. The van der Waals surface area contributed by atoms with Crippen molar-refractivity contribution in [2.24, 2.45) is 0 Å². The van der Waals surface area contributed by atoms with Gasteiger partial charge in [0.15, 0.2) is 0 Å². The van der Waals surface area contributed by atoms with Gasteiger partial charge in [0.1, 0.15) is 0 Å². The molecule has 6 heteroatoms. The fourth-order valence-corrected chi connectivity index (χ4v) is 1.93. The molecule has 0 aliphatic rings. The number of benzene rings is 1. The van der Waals surface area contributed by atoms with Crippen LogP contribution in [0.1, 0.15) is 22.8 Å². The number of alkyl halides is 1. The second-order valence-electron chi connectivity index (χ2n) is 4.18. The minimum absolute atomic E-state index is 0.0303. The molecule has 0 aliphatic carbocycles. The highest BCUT2D eigenvalue weighted by Crippen LogP contribution is 2.20. The van der Waals surface area contributed by atoms with E-state index in [-0.39, 0.29) is 17.6 Å². The number of carbonyl (C=O) groups excluding carboxylic acids is 1. The number of halogens is 1. The summed E-state index contributed by atoms with van der Waals surface area (Å²) in [5.41, 5.74) is 0.988. The van der Waals surface area contributed by atoms with Crippen molar-refractivity contribution in [3.8, 4) is 0 Å². The van der Waals surface area contributed by atoms with Crippen LogP contribution in [0.4, 0.5) is 5.69 Å². The molecule has 1 aromatic rings. The normalized spacial score (nSPS) is 12.0. The summed E-state index contributed by atoms with van der Waals surface area (Å²) < 4.78 is 0. The van der Waals surface area contributed by atoms with Gasteiger partial charge < -0.3 is 4.90 Å². The second-order valence-corrected chi connectivity index (χ2v) is 4.83. The zero-order valence-corrected chi connectivity index (χ0v) is 12.1. The number of hydrogen-bond acceptors (Lipinski definition) is 3. The van der Waals surface area contributed by atoms with Crippen LogP contribution in [-0.2, 0) is 0 Å². The highest BCUT2D eigenvalue weighted by Gasteiger charge is 2.19. The van der Waals surface area contributed by atoms with Crippen molar-refractivity contribution in [1.82, 2.24) is 4.90 Å². The zero-order valence-electron chi connectivity index (χ0n) is 10.5. The Bertz CT molecular complexity index is 476. The first kappa shape index (κ1) is 14.6. The summed E-state index contributed by atoms with van der Waals surface area (Å²) in [6, 6.07) is 4.48. The molecule has 1 amide bonds. The van der Waals surface area contributed by atoms with Gasteiger partial charge >= 0.3 is 0 Å². The van der Waals surface area contributed by atoms with Crippen molar-refractivity contribution in [2.45, 2.75) is 19.9 Å². The van der Waals surface area contributed by atoms with E-state index in [1.807, 2.05) is 6.92 Å². The molecular weight excluding hydrogens is 300 g/mol. The Kier molecular flexibility index (Phi) is 4.84. The number of aryl methyl sites for hydroxylation is 1. The Labute approximate surface area is 114 Å². The average molecular weight is 315 g/mol. The van der Waals surface area contributed by atoms with E-state index in [4.69, 9.17) is 0 Å². The average Bonchev–Trinajstić information content (AvgIpc) is 2.35. The van der Waals surface area contributed by atoms with Crippen LogP contribution >= 0.6 is 15.9 Å². The largest absolute Gasteiger partial charge is 0.338 e. The Hall–Kier alpha value is -1.43. The number of nitro groups is 1. The monoisotopic (exact) mass is 314 g/mol. The molecule has 5 nitrogen and oxygen atoms in total. The molecule has 0 spiro atoms. The van der Waals surface area contributed by atoms with Gasteiger partial charge in [0.05, 0.1) is 4.92 Å². The number of amides is 1. The predicted molar refractivity (Wildman–Crippen MR) is 73.2 cm³/mol. The van der Waals surface area contributed by atoms with Gasteiger partial charge in [-0.25, -0.2) is 0 Å². The third-order valence-corrected chi connectivity index (χ3v) is 3.78. The van der Waals surface area contributed by atoms with Gasteiger partial charge in [-0.2, -0.15) is 0 Å². The van der Waals surface area contributed by atoms with Crippen LogP contribution in [0.25, 0.3) is 0 Å². The van der Waals surface area contributed by atoms with Crippen LogP contribution in [0.15, 0.2) is 18.2 Å². The molecule has 1 aromatic carbocycles. The highest BCUT2D eigenvalue weighted by molar-refractivity contribution is 9.09. The third-order valence-electron chi connectivity index (χ3n) is 2.85. The van der Waals surface area contributed by atoms with Crippen molar-refractivity contribution in [3.63, 3.8) is 0 Å². The second kappa shape index (κ2) is 5.95. The Morgan fingerprint density at radius 1 is 1.56 bits per heavy atom. The number of nitrogens with zero attached hydrogens (tertiary/aromatic N) is 2. The maximum atomic E-state index is 12.1. The standard InChI is InChI=1S/C12H15BrN2O3/c1-8-6-10(4-5-11(8)15(17)18)12(16)14(3)9(2)7-13/h4-6,9H,7H2,1-3H3. The van der Waals surface area contributed by atoms with Crippen LogP contribution < -0.4 is 0 Å². The lowest BCUT2D eigenvalue weighted by molar-refractivity contribution is -0.385. The van der Waals surface area contributed by atoms with Crippen LogP contribution in [0.3, 0.4) is 0 Å². The summed E-state index contributed by atoms with van der Waals surface area (Å²) in [4.78, 5) is 24.0. The first-order valence-electron chi connectivity index (χ1n) is 5.46. The van der Waals surface area contributed by atoms with Gasteiger partial charge in [-0.05, 0) is 26.0 Å². The van der Waals surface area contributed by atoms with Gasteiger partial charge in [0, 0.05) is 35.6 Å². The third kappa shape index (κ3) is 3.07. The fraction of sp³-hybridized carbons (Fsp3) is 0.417. The quantitative estimate of drug-likeness (QED) is 0.487. The first-order valence-corrected chi connectivity index (χ1v) is 6.58. The Balaban J connectivity index is 3.01. The Morgan fingerprint density at radius 2 is 2.17 bits per heavy atom. The fourth-order valence-electron chi connectivity index (χ4n) is 1.50. The van der Waals surface area contributed by atoms with Gasteiger partial charge in [-0.3, -0.25) is 14.9 Å². The maximum Gasteiger partial charge on any atom is 0.272 e. The molecule has 98 valence electrons. The molecule has 0 radical (unpaired) electrons. The van der Waals surface area contributed by atoms with E-state index in [1.54, 1.807) is 24.9 Å². The minimum Gasteiger partial charge on any atom is -0.338 e. The summed E-state index contributed by atoms with van der Waals surface area (Å²) in [6.07, 6.45) is 0. The van der Waals surface area contributed by atoms with Crippen molar-refractivity contribution in [1.29, 1.82) is 0 Å². The maximum absolute atomic E-state index is 12.1. The molecule has 1 rings (SSSR count). The van der Waals surface area contributed by atoms with E-state index in [9.17, 15) is 14.9 Å². The number of hydrogen-bond donors (Lipinski definition) is 0. The molecule has 0 bridgehead atoms. The molecule has 1 atom stereocenters. The lowest BCUT2D eigenvalue weighted by Gasteiger charge is -2.23. The lowest BCUT2D eigenvalue weighted by Crippen LogP contribution is -2.36. The molecule has 0 saturated heterocycles. The number of carbonyl (C=O) groups is 1. The van der Waals surface area contributed by atoms with E-state index >= 15 is 0 Å². The summed E-state index contributed by atoms with van der Waals surface area (Å²) in [7, 11) is 1.71. The van der Waals surface area contributed by atoms with E-state index in [2.05, 4.69) is 15.9 Å². The van der Waals surface area contributed by atoms with Crippen molar-refractivity contribution >= 4 is 27.5 Å². The summed E-state index contributed by atoms with van der Waals surface area (Å²) >= 11 is 3.32. The summed E-state index contributed by atoms with van der Waals surface area (Å²) in [5, 5.41) is 11.4. The highest BCUT2D eigenvalue weighted by atomic mass is 79.9. The minimum atomic E-state index is -0.450.